The summed E-state index contributed by atoms with van der Waals surface area (Å²) in [5.41, 5.74) is 3.48. The Kier molecular flexibility index (Phi) is 3.55. The lowest BCUT2D eigenvalue weighted by molar-refractivity contribution is 0.0662. The van der Waals surface area contributed by atoms with Crippen LogP contribution in [0, 0.1) is 17.8 Å². The van der Waals surface area contributed by atoms with Gasteiger partial charge in [0.1, 0.15) is 0 Å². The van der Waals surface area contributed by atoms with Crippen LogP contribution in [0.4, 0.5) is 0 Å². The highest BCUT2D eigenvalue weighted by atomic mass is 16.5. The van der Waals surface area contributed by atoms with Gasteiger partial charge < -0.3 is 4.74 Å². The van der Waals surface area contributed by atoms with Crippen LogP contribution in [0.25, 0.3) is 0 Å². The van der Waals surface area contributed by atoms with Gasteiger partial charge in [-0.2, -0.15) is 0 Å². The van der Waals surface area contributed by atoms with E-state index in [1.807, 2.05) is 0 Å². The van der Waals surface area contributed by atoms with Crippen molar-refractivity contribution >= 4 is 0 Å². The van der Waals surface area contributed by atoms with Gasteiger partial charge in [0.2, 0.25) is 0 Å². The Morgan fingerprint density at radius 2 is 1.68 bits per heavy atom. The summed E-state index contributed by atoms with van der Waals surface area (Å²) >= 11 is 0. The number of fused-ring (bicyclic) bond motifs is 1. The van der Waals surface area contributed by atoms with Crippen molar-refractivity contribution in [3.05, 3.63) is 0 Å². The number of rotatable bonds is 3. The normalized spacial score (nSPS) is 44.8. The third-order valence-electron chi connectivity index (χ3n) is 6.08. The minimum atomic E-state index is 0.602. The summed E-state index contributed by atoms with van der Waals surface area (Å²) in [7, 11) is 0. The summed E-state index contributed by atoms with van der Waals surface area (Å²) in [6.45, 7) is 2.16. The van der Waals surface area contributed by atoms with Gasteiger partial charge in [-0.25, -0.2) is 10.4 Å². The van der Waals surface area contributed by atoms with Crippen LogP contribution >= 0.6 is 0 Å². The van der Waals surface area contributed by atoms with E-state index in [0.717, 1.165) is 37.1 Å². The fraction of sp³-hybridized carbons (Fsp3) is 1.00. The summed E-state index contributed by atoms with van der Waals surface area (Å²) in [4.78, 5) is 0. The van der Waals surface area contributed by atoms with Crippen molar-refractivity contribution in [2.45, 2.75) is 69.9 Å². The first-order valence-electron chi connectivity index (χ1n) is 8.55. The quantitative estimate of drug-likeness (QED) is 0.796. The van der Waals surface area contributed by atoms with E-state index < -0.39 is 0 Å². The van der Waals surface area contributed by atoms with E-state index in [1.165, 1.54) is 57.8 Å². The minimum Gasteiger partial charge on any atom is -0.378 e. The van der Waals surface area contributed by atoms with E-state index in [2.05, 4.69) is 10.4 Å². The SMILES string of the molecule is C1CCC(C([C@H]2COC3CCCCC32)[N@@]2CN2)CC1. The zero-order valence-electron chi connectivity index (χ0n) is 12.0. The zero-order chi connectivity index (χ0) is 12.7. The van der Waals surface area contributed by atoms with E-state index in [1.54, 1.807) is 0 Å². The van der Waals surface area contributed by atoms with Gasteiger partial charge in [0.15, 0.2) is 0 Å². The summed E-state index contributed by atoms with van der Waals surface area (Å²) in [6, 6.07) is 0.772. The fourth-order valence-corrected chi connectivity index (χ4v) is 5.09. The predicted molar refractivity (Wildman–Crippen MR) is 75.4 cm³/mol. The molecule has 2 saturated carbocycles. The van der Waals surface area contributed by atoms with Crippen LogP contribution < -0.4 is 5.43 Å². The molecule has 0 spiro atoms. The average Bonchev–Trinajstić information content (AvgIpc) is 3.21. The molecule has 0 radical (unpaired) electrons. The number of nitrogens with one attached hydrogen (secondary N) is 1. The Labute approximate surface area is 117 Å². The van der Waals surface area contributed by atoms with Gasteiger partial charge in [0.25, 0.3) is 0 Å². The van der Waals surface area contributed by atoms with Gasteiger partial charge in [-0.3, -0.25) is 0 Å². The largest absolute Gasteiger partial charge is 0.378 e. The molecule has 0 aromatic heterocycles. The lowest BCUT2D eigenvalue weighted by atomic mass is 9.71. The molecule has 2 heterocycles. The van der Waals surface area contributed by atoms with Crippen molar-refractivity contribution < 1.29 is 4.74 Å². The Hall–Kier alpha value is -0.120. The molecular formula is C16H28N2O. The molecule has 0 bridgehead atoms. The van der Waals surface area contributed by atoms with Crippen molar-refractivity contribution in [2.24, 2.45) is 17.8 Å². The third-order valence-corrected chi connectivity index (χ3v) is 6.08. The monoisotopic (exact) mass is 264 g/mol. The number of ether oxygens (including phenoxy) is 1. The summed E-state index contributed by atoms with van der Waals surface area (Å²) in [6.07, 6.45) is 13.5. The molecule has 19 heavy (non-hydrogen) atoms. The van der Waals surface area contributed by atoms with E-state index in [0.29, 0.717) is 6.10 Å². The number of nitrogens with zero attached hydrogens (tertiary/aromatic N) is 1. The molecule has 3 nitrogen and oxygen atoms in total. The molecule has 0 aromatic rings. The van der Waals surface area contributed by atoms with Gasteiger partial charge in [-0.1, -0.05) is 32.1 Å². The first-order valence-corrected chi connectivity index (χ1v) is 8.55. The maximum atomic E-state index is 6.16. The molecular weight excluding hydrogens is 236 g/mol. The predicted octanol–water partition coefficient (Wildman–Crippen LogP) is 2.92. The first kappa shape index (κ1) is 12.6. The molecule has 2 aliphatic carbocycles. The molecule has 0 aromatic carbocycles. The molecule has 2 aliphatic heterocycles. The maximum Gasteiger partial charge on any atom is 0.0758 e. The summed E-state index contributed by atoms with van der Waals surface area (Å²) in [5.74, 6) is 2.60. The first-order chi connectivity index (χ1) is 9.43. The smallest absolute Gasteiger partial charge is 0.0758 e. The van der Waals surface area contributed by atoms with Crippen LogP contribution in [0.3, 0.4) is 0 Å². The van der Waals surface area contributed by atoms with Gasteiger partial charge in [0, 0.05) is 12.0 Å². The lowest BCUT2D eigenvalue weighted by Crippen LogP contribution is -2.42. The molecule has 0 amide bonds. The minimum absolute atomic E-state index is 0.602. The van der Waals surface area contributed by atoms with Crippen molar-refractivity contribution in [1.29, 1.82) is 0 Å². The highest BCUT2D eigenvalue weighted by Crippen LogP contribution is 2.45. The molecule has 108 valence electrons. The Bertz CT molecular complexity index is 312. The number of hydrazine groups is 1. The second-order valence-corrected chi connectivity index (χ2v) is 7.16. The van der Waals surface area contributed by atoms with Gasteiger partial charge in [-0.05, 0) is 37.5 Å². The lowest BCUT2D eigenvalue weighted by Gasteiger charge is -2.38. The standard InChI is InChI=1S/C16H28N2O/c1-2-6-12(7-3-1)16(18-11-17-18)14-10-19-15-9-5-4-8-13(14)15/h12-17H,1-11H2/t13?,14-,15?,16?,18+/m0/s1. The summed E-state index contributed by atoms with van der Waals surface area (Å²) < 4.78 is 6.16. The molecule has 5 atom stereocenters. The molecule has 2 saturated heterocycles. The number of hydrogen-bond donors (Lipinski definition) is 1. The molecule has 3 heteroatoms. The molecule has 4 fully saturated rings. The van der Waals surface area contributed by atoms with E-state index in [4.69, 9.17) is 4.74 Å². The average molecular weight is 264 g/mol. The van der Waals surface area contributed by atoms with Crippen molar-refractivity contribution in [3.63, 3.8) is 0 Å². The van der Waals surface area contributed by atoms with Crippen molar-refractivity contribution in [2.75, 3.05) is 13.3 Å². The van der Waals surface area contributed by atoms with Crippen LogP contribution in [0.2, 0.25) is 0 Å². The van der Waals surface area contributed by atoms with Crippen LogP contribution in [0.15, 0.2) is 0 Å². The second-order valence-electron chi connectivity index (χ2n) is 7.16. The molecule has 1 N–H and O–H groups in total. The molecule has 4 aliphatic rings. The van der Waals surface area contributed by atoms with E-state index >= 15 is 0 Å². The van der Waals surface area contributed by atoms with Crippen LogP contribution in [-0.4, -0.2) is 30.4 Å². The van der Waals surface area contributed by atoms with Gasteiger partial charge in [0.05, 0.1) is 19.4 Å². The van der Waals surface area contributed by atoms with Crippen LogP contribution in [-0.2, 0) is 4.74 Å². The third kappa shape index (κ3) is 2.45. The zero-order valence-corrected chi connectivity index (χ0v) is 12.0. The highest BCUT2D eigenvalue weighted by Gasteiger charge is 2.48. The Morgan fingerprint density at radius 3 is 2.47 bits per heavy atom. The van der Waals surface area contributed by atoms with Crippen LogP contribution in [0.1, 0.15) is 57.8 Å². The Morgan fingerprint density at radius 1 is 0.947 bits per heavy atom. The fourth-order valence-electron chi connectivity index (χ4n) is 5.09. The van der Waals surface area contributed by atoms with Crippen LogP contribution in [0.5, 0.6) is 0 Å². The van der Waals surface area contributed by atoms with E-state index in [-0.39, 0.29) is 0 Å². The van der Waals surface area contributed by atoms with Crippen molar-refractivity contribution in [1.82, 2.24) is 10.4 Å². The highest BCUT2D eigenvalue weighted by molar-refractivity contribution is 4.97. The second kappa shape index (κ2) is 5.34. The maximum absolute atomic E-state index is 6.16. The molecule has 4 rings (SSSR count). The van der Waals surface area contributed by atoms with Crippen molar-refractivity contribution in [3.8, 4) is 0 Å². The number of hydrogen-bond acceptors (Lipinski definition) is 3. The Balaban J connectivity index is 1.50. The van der Waals surface area contributed by atoms with E-state index in [9.17, 15) is 0 Å². The summed E-state index contributed by atoms with van der Waals surface area (Å²) in [5, 5.41) is 2.53. The molecule has 3 unspecified atom stereocenters. The van der Waals surface area contributed by atoms with Gasteiger partial charge >= 0.3 is 0 Å². The topological polar surface area (TPSA) is 34.2 Å². The van der Waals surface area contributed by atoms with Gasteiger partial charge in [-0.15, -0.1) is 0 Å².